The molecule has 3 heteroatoms. The van der Waals surface area contributed by atoms with Crippen LogP contribution in [-0.4, -0.2) is 11.9 Å². The van der Waals surface area contributed by atoms with Gasteiger partial charge in [0.1, 0.15) is 5.67 Å². The van der Waals surface area contributed by atoms with Crippen LogP contribution in [0.25, 0.3) is 0 Å². The highest BCUT2D eigenvalue weighted by molar-refractivity contribution is 5.74. The van der Waals surface area contributed by atoms with Crippen LogP contribution >= 0.6 is 0 Å². The lowest BCUT2D eigenvalue weighted by molar-refractivity contribution is 0.266. The van der Waals surface area contributed by atoms with Crippen molar-refractivity contribution in [3.63, 3.8) is 0 Å². The molecule has 0 aromatic rings. The third-order valence-corrected chi connectivity index (χ3v) is 2.58. The molecule has 0 atom stereocenters. The van der Waals surface area contributed by atoms with Crippen molar-refractivity contribution >= 4 is 6.21 Å². The number of alkyl halides is 1. The molecule has 1 N–H and O–H groups in total. The zero-order valence-corrected chi connectivity index (χ0v) is 11.6. The van der Waals surface area contributed by atoms with Crippen LogP contribution in [-0.2, 0) is 0 Å². The molecule has 0 aliphatic carbocycles. The van der Waals surface area contributed by atoms with Crippen molar-refractivity contribution in [2.45, 2.75) is 32.4 Å². The van der Waals surface area contributed by atoms with Gasteiger partial charge in [-0.1, -0.05) is 18.7 Å². The van der Waals surface area contributed by atoms with Gasteiger partial charge in [-0.2, -0.15) is 0 Å². The lowest BCUT2D eigenvalue weighted by Crippen LogP contribution is -2.15. The summed E-state index contributed by atoms with van der Waals surface area (Å²) in [5.41, 5.74) is 0.766. The maximum atomic E-state index is 13.8. The fourth-order valence-electron chi connectivity index (χ4n) is 1.52. The van der Waals surface area contributed by atoms with Gasteiger partial charge in [0.05, 0.1) is 5.70 Å². The van der Waals surface area contributed by atoms with Crippen LogP contribution in [0.15, 0.2) is 65.6 Å². The average Bonchev–Trinajstić information content (AvgIpc) is 2.28. The molecule has 1 aliphatic heterocycles. The summed E-state index contributed by atoms with van der Waals surface area (Å²) in [5, 5.41) is 3.19. The Morgan fingerprint density at radius 1 is 1.47 bits per heavy atom. The molecule has 1 heterocycles. The molecule has 0 aromatic heterocycles. The van der Waals surface area contributed by atoms with E-state index >= 15 is 0 Å². The SMILES string of the molecule is C=CCCC(=C)NC1=CC=N/C(C(C)(C)F)=C\C=C1. The van der Waals surface area contributed by atoms with Gasteiger partial charge in [-0.3, -0.25) is 4.99 Å². The number of hydrogen-bond donors (Lipinski definition) is 1. The first-order chi connectivity index (χ1) is 8.93. The summed E-state index contributed by atoms with van der Waals surface area (Å²) >= 11 is 0. The Kier molecular flexibility index (Phi) is 5.49. The molecule has 19 heavy (non-hydrogen) atoms. The zero-order valence-electron chi connectivity index (χ0n) is 11.6. The van der Waals surface area contributed by atoms with Crippen LogP contribution in [0.5, 0.6) is 0 Å². The van der Waals surface area contributed by atoms with E-state index in [4.69, 9.17) is 0 Å². The van der Waals surface area contributed by atoms with E-state index < -0.39 is 5.67 Å². The topological polar surface area (TPSA) is 24.4 Å². The summed E-state index contributed by atoms with van der Waals surface area (Å²) in [6, 6.07) is 0. The molecule has 102 valence electrons. The zero-order chi connectivity index (χ0) is 14.3. The Labute approximate surface area is 114 Å². The Bertz CT molecular complexity index is 460. The predicted octanol–water partition coefficient (Wildman–Crippen LogP) is 4.21. The Morgan fingerprint density at radius 2 is 2.21 bits per heavy atom. The minimum atomic E-state index is -1.44. The van der Waals surface area contributed by atoms with E-state index in [0.29, 0.717) is 5.70 Å². The van der Waals surface area contributed by atoms with E-state index in [1.807, 2.05) is 12.2 Å². The Balaban J connectivity index is 2.68. The van der Waals surface area contributed by atoms with Crippen LogP contribution in [0.2, 0.25) is 0 Å². The van der Waals surface area contributed by atoms with E-state index in [9.17, 15) is 4.39 Å². The summed E-state index contributed by atoms with van der Waals surface area (Å²) in [5.74, 6) is 0. The maximum absolute atomic E-state index is 13.8. The smallest absolute Gasteiger partial charge is 0.147 e. The van der Waals surface area contributed by atoms with Crippen molar-refractivity contribution in [2.24, 2.45) is 4.99 Å². The average molecular weight is 260 g/mol. The molecule has 2 nitrogen and oxygen atoms in total. The van der Waals surface area contributed by atoms with Crippen molar-refractivity contribution in [3.05, 3.63) is 60.6 Å². The summed E-state index contributed by atoms with van der Waals surface area (Å²) < 4.78 is 13.8. The van der Waals surface area contributed by atoms with E-state index in [1.54, 1.807) is 24.4 Å². The van der Waals surface area contributed by atoms with E-state index in [2.05, 4.69) is 23.5 Å². The van der Waals surface area contributed by atoms with Crippen molar-refractivity contribution in [1.29, 1.82) is 0 Å². The number of nitrogens with zero attached hydrogens (tertiary/aromatic N) is 1. The first-order valence-electron chi connectivity index (χ1n) is 6.31. The van der Waals surface area contributed by atoms with Gasteiger partial charge in [-0.05, 0) is 44.9 Å². The van der Waals surface area contributed by atoms with Gasteiger partial charge >= 0.3 is 0 Å². The minimum absolute atomic E-state index is 0.407. The normalized spacial score (nSPS) is 17.8. The maximum Gasteiger partial charge on any atom is 0.147 e. The predicted molar refractivity (Wildman–Crippen MR) is 80.7 cm³/mol. The van der Waals surface area contributed by atoms with Crippen LogP contribution in [0.1, 0.15) is 26.7 Å². The van der Waals surface area contributed by atoms with Gasteiger partial charge in [0.15, 0.2) is 0 Å². The molecule has 0 radical (unpaired) electrons. The molecule has 0 bridgehead atoms. The van der Waals surface area contributed by atoms with Crippen molar-refractivity contribution < 1.29 is 4.39 Å². The molecule has 1 rings (SSSR count). The minimum Gasteiger partial charge on any atom is -0.359 e. The lowest BCUT2D eigenvalue weighted by atomic mass is 10.1. The molecule has 0 spiro atoms. The molecule has 0 saturated carbocycles. The van der Waals surface area contributed by atoms with Crippen molar-refractivity contribution in [1.82, 2.24) is 5.32 Å². The van der Waals surface area contributed by atoms with Gasteiger partial charge < -0.3 is 5.32 Å². The fraction of sp³-hybridized carbons (Fsp3) is 0.312. The van der Waals surface area contributed by atoms with Gasteiger partial charge in [-0.15, -0.1) is 6.58 Å². The van der Waals surface area contributed by atoms with Gasteiger partial charge in [0.25, 0.3) is 0 Å². The standard InChI is InChI=1S/C16H21FN2/c1-5-6-8-13(2)19-14-9-7-10-15(16(3,4)17)18-12-11-14/h5,7,9-12,19H,1-2,6,8H2,3-4H3/b9-7?,10-7?,12-11?,14-9?,14-11?,15-10-,18-12?,18-15?. The highest BCUT2D eigenvalue weighted by Crippen LogP contribution is 2.22. The molecule has 0 fully saturated rings. The summed E-state index contributed by atoms with van der Waals surface area (Å²) in [6.45, 7) is 10.6. The molecular weight excluding hydrogens is 239 g/mol. The van der Waals surface area contributed by atoms with E-state index in [-0.39, 0.29) is 0 Å². The third kappa shape index (κ3) is 5.51. The van der Waals surface area contributed by atoms with Crippen LogP contribution in [0, 0.1) is 0 Å². The van der Waals surface area contributed by atoms with Gasteiger partial charge in [0.2, 0.25) is 0 Å². The van der Waals surface area contributed by atoms with Crippen molar-refractivity contribution in [2.75, 3.05) is 0 Å². The molecule has 0 unspecified atom stereocenters. The molecule has 0 aromatic carbocycles. The number of aliphatic imine (C=N–C) groups is 1. The second-order valence-electron chi connectivity index (χ2n) is 4.84. The molecule has 1 aliphatic rings. The summed E-state index contributed by atoms with van der Waals surface area (Å²) in [6.07, 6.45) is 12.3. The number of halogens is 1. The highest BCUT2D eigenvalue weighted by Gasteiger charge is 2.20. The Morgan fingerprint density at radius 3 is 2.84 bits per heavy atom. The fourth-order valence-corrected chi connectivity index (χ4v) is 1.52. The number of nitrogens with one attached hydrogen (secondary N) is 1. The Hall–Kier alpha value is -1.90. The first kappa shape index (κ1) is 15.2. The summed E-state index contributed by atoms with van der Waals surface area (Å²) in [7, 11) is 0. The number of allylic oxidation sites excluding steroid dienone is 7. The molecule has 0 saturated heterocycles. The van der Waals surface area contributed by atoms with E-state index in [1.165, 1.54) is 13.8 Å². The van der Waals surface area contributed by atoms with Gasteiger partial charge in [-0.25, -0.2) is 4.39 Å². The number of rotatable bonds is 6. The second-order valence-corrected chi connectivity index (χ2v) is 4.84. The van der Waals surface area contributed by atoms with Crippen molar-refractivity contribution in [3.8, 4) is 0 Å². The third-order valence-electron chi connectivity index (χ3n) is 2.58. The van der Waals surface area contributed by atoms with Crippen LogP contribution in [0.4, 0.5) is 4.39 Å². The van der Waals surface area contributed by atoms with Crippen LogP contribution < -0.4 is 5.32 Å². The second kappa shape index (κ2) is 6.88. The molecule has 0 amide bonds. The molecular formula is C16H21FN2. The first-order valence-corrected chi connectivity index (χ1v) is 6.31. The van der Waals surface area contributed by atoms with Gasteiger partial charge in [0, 0.05) is 17.6 Å². The van der Waals surface area contributed by atoms with Crippen LogP contribution in [0.3, 0.4) is 0 Å². The lowest BCUT2D eigenvalue weighted by Gasteiger charge is -2.15. The summed E-state index contributed by atoms with van der Waals surface area (Å²) in [4.78, 5) is 4.12. The monoisotopic (exact) mass is 260 g/mol. The number of hydrogen-bond acceptors (Lipinski definition) is 2. The van der Waals surface area contributed by atoms with E-state index in [0.717, 1.165) is 24.2 Å². The highest BCUT2D eigenvalue weighted by atomic mass is 19.1. The quantitative estimate of drug-likeness (QED) is 0.711. The largest absolute Gasteiger partial charge is 0.359 e.